The Hall–Kier alpha value is -0.160. The van der Waals surface area contributed by atoms with Crippen LogP contribution in [0, 0.1) is 0 Å². The van der Waals surface area contributed by atoms with E-state index in [4.69, 9.17) is 15.2 Å². The third-order valence-corrected chi connectivity index (χ3v) is 2.69. The second-order valence-corrected chi connectivity index (χ2v) is 3.98. The maximum absolute atomic E-state index is 5.84. The Balaban J connectivity index is 2.15. The van der Waals surface area contributed by atoms with Crippen LogP contribution in [0.15, 0.2) is 0 Å². The summed E-state index contributed by atoms with van der Waals surface area (Å²) in [5.74, 6) is 0. The Morgan fingerprint density at radius 1 is 1.33 bits per heavy atom. The predicted octanol–water partition coefficient (Wildman–Crippen LogP) is 0.809. The summed E-state index contributed by atoms with van der Waals surface area (Å²) in [6.07, 6.45) is 2.01. The number of hydrogen-bond donors (Lipinski definition) is 1. The van der Waals surface area contributed by atoms with Gasteiger partial charge in [-0.3, -0.25) is 0 Å². The Morgan fingerprint density at radius 2 is 2.00 bits per heavy atom. The molecule has 0 aromatic carbocycles. The van der Waals surface area contributed by atoms with Crippen molar-refractivity contribution in [3.05, 3.63) is 0 Å². The first-order valence-electron chi connectivity index (χ1n) is 5.97. The molecule has 0 amide bonds. The molecule has 1 aliphatic rings. The summed E-state index contributed by atoms with van der Waals surface area (Å²) in [5, 5.41) is 0. The third kappa shape index (κ3) is 4.93. The molecular weight excluding hydrogens is 192 g/mol. The van der Waals surface area contributed by atoms with E-state index in [1.165, 1.54) is 0 Å². The zero-order valence-corrected chi connectivity index (χ0v) is 9.95. The zero-order valence-electron chi connectivity index (χ0n) is 9.95. The smallest absolute Gasteiger partial charge is 0.158 e. The van der Waals surface area contributed by atoms with E-state index in [0.29, 0.717) is 19.3 Å². The van der Waals surface area contributed by atoms with E-state index in [2.05, 4.69) is 4.90 Å². The minimum Gasteiger partial charge on any atom is -0.353 e. The van der Waals surface area contributed by atoms with Gasteiger partial charge in [-0.1, -0.05) is 0 Å². The molecule has 1 aliphatic heterocycles. The average molecular weight is 216 g/mol. The molecule has 1 saturated heterocycles. The zero-order chi connectivity index (χ0) is 11.1. The van der Waals surface area contributed by atoms with Crippen LogP contribution in [0.4, 0.5) is 0 Å². The highest BCUT2D eigenvalue weighted by atomic mass is 16.7. The quantitative estimate of drug-likeness (QED) is 0.640. The maximum Gasteiger partial charge on any atom is 0.158 e. The van der Waals surface area contributed by atoms with Crippen molar-refractivity contribution in [2.75, 3.05) is 32.8 Å². The normalized spacial score (nSPS) is 22.8. The topological polar surface area (TPSA) is 47.7 Å². The summed E-state index contributed by atoms with van der Waals surface area (Å²) in [5.41, 5.74) is 5.84. The van der Waals surface area contributed by atoms with Crippen molar-refractivity contribution in [2.24, 2.45) is 5.73 Å². The van der Waals surface area contributed by atoms with Gasteiger partial charge in [0.05, 0.1) is 0 Å². The van der Waals surface area contributed by atoms with E-state index in [-0.39, 0.29) is 6.29 Å². The van der Waals surface area contributed by atoms with Gasteiger partial charge in [-0.05, 0) is 26.8 Å². The van der Waals surface area contributed by atoms with Crippen LogP contribution in [0.5, 0.6) is 0 Å². The lowest BCUT2D eigenvalue weighted by Crippen LogP contribution is -2.30. The molecule has 0 bridgehead atoms. The van der Waals surface area contributed by atoms with Gasteiger partial charge in [0.15, 0.2) is 6.29 Å². The van der Waals surface area contributed by atoms with Gasteiger partial charge in [0, 0.05) is 38.8 Å². The number of nitrogens with two attached hydrogens (primary N) is 1. The van der Waals surface area contributed by atoms with Crippen molar-refractivity contribution < 1.29 is 9.47 Å². The van der Waals surface area contributed by atoms with Crippen LogP contribution in [0.2, 0.25) is 0 Å². The summed E-state index contributed by atoms with van der Waals surface area (Å²) >= 11 is 0. The molecule has 1 fully saturated rings. The molecule has 1 atom stereocenters. The summed E-state index contributed by atoms with van der Waals surface area (Å²) < 4.78 is 11.0. The molecule has 4 heteroatoms. The van der Waals surface area contributed by atoms with Crippen molar-refractivity contribution in [2.45, 2.75) is 39.0 Å². The minimum atomic E-state index is -0.0446. The van der Waals surface area contributed by atoms with E-state index in [1.807, 2.05) is 13.8 Å². The molecule has 0 unspecified atom stereocenters. The van der Waals surface area contributed by atoms with Gasteiger partial charge in [-0.2, -0.15) is 0 Å². The fourth-order valence-electron chi connectivity index (χ4n) is 1.94. The van der Waals surface area contributed by atoms with Gasteiger partial charge in [0.25, 0.3) is 0 Å². The summed E-state index contributed by atoms with van der Waals surface area (Å²) in [7, 11) is 0. The van der Waals surface area contributed by atoms with Crippen LogP contribution in [0.1, 0.15) is 26.7 Å². The Labute approximate surface area is 92.7 Å². The van der Waals surface area contributed by atoms with Crippen molar-refractivity contribution >= 4 is 0 Å². The minimum absolute atomic E-state index is 0.0446. The molecule has 1 rings (SSSR count). The second kappa shape index (κ2) is 7.17. The van der Waals surface area contributed by atoms with Crippen LogP contribution in [-0.2, 0) is 9.47 Å². The lowest BCUT2D eigenvalue weighted by atomic mass is 10.3. The van der Waals surface area contributed by atoms with Gasteiger partial charge in [0.2, 0.25) is 0 Å². The standard InChI is InChI=1S/C11H24N2O2/c1-3-14-11(15-4-2)6-8-13-7-5-10(12)9-13/h10-11H,3-9,12H2,1-2H3/t10-/m1/s1. The fourth-order valence-corrected chi connectivity index (χ4v) is 1.94. The first-order valence-corrected chi connectivity index (χ1v) is 5.97. The van der Waals surface area contributed by atoms with E-state index >= 15 is 0 Å². The van der Waals surface area contributed by atoms with Gasteiger partial charge in [0.1, 0.15) is 0 Å². The molecule has 0 spiro atoms. The molecule has 0 aliphatic carbocycles. The molecule has 0 aromatic heterocycles. The van der Waals surface area contributed by atoms with Crippen LogP contribution in [0.3, 0.4) is 0 Å². The Bertz CT molecular complexity index is 161. The van der Waals surface area contributed by atoms with Crippen LogP contribution >= 0.6 is 0 Å². The monoisotopic (exact) mass is 216 g/mol. The second-order valence-electron chi connectivity index (χ2n) is 3.98. The van der Waals surface area contributed by atoms with Crippen LogP contribution in [-0.4, -0.2) is 50.1 Å². The van der Waals surface area contributed by atoms with Gasteiger partial charge >= 0.3 is 0 Å². The number of hydrogen-bond acceptors (Lipinski definition) is 4. The van der Waals surface area contributed by atoms with E-state index in [0.717, 1.165) is 32.5 Å². The first kappa shape index (κ1) is 12.9. The van der Waals surface area contributed by atoms with Gasteiger partial charge in [-0.15, -0.1) is 0 Å². The molecule has 15 heavy (non-hydrogen) atoms. The van der Waals surface area contributed by atoms with Gasteiger partial charge in [-0.25, -0.2) is 0 Å². The lowest BCUT2D eigenvalue weighted by molar-refractivity contribution is -0.141. The lowest BCUT2D eigenvalue weighted by Gasteiger charge is -2.21. The summed E-state index contributed by atoms with van der Waals surface area (Å²) in [6, 6.07) is 0.364. The molecular formula is C11H24N2O2. The van der Waals surface area contributed by atoms with E-state index < -0.39 is 0 Å². The maximum atomic E-state index is 5.84. The van der Waals surface area contributed by atoms with Crippen LogP contribution < -0.4 is 5.73 Å². The highest BCUT2D eigenvalue weighted by molar-refractivity contribution is 4.77. The van der Waals surface area contributed by atoms with Crippen molar-refractivity contribution in [1.82, 2.24) is 4.90 Å². The molecule has 0 radical (unpaired) electrons. The fraction of sp³-hybridized carbons (Fsp3) is 1.00. The Kier molecular flexibility index (Phi) is 6.17. The number of rotatable bonds is 7. The van der Waals surface area contributed by atoms with E-state index in [1.54, 1.807) is 0 Å². The van der Waals surface area contributed by atoms with Crippen molar-refractivity contribution in [1.29, 1.82) is 0 Å². The molecule has 90 valence electrons. The number of nitrogens with zero attached hydrogens (tertiary/aromatic N) is 1. The molecule has 0 aromatic rings. The van der Waals surface area contributed by atoms with Gasteiger partial charge < -0.3 is 20.1 Å². The molecule has 4 nitrogen and oxygen atoms in total. The first-order chi connectivity index (χ1) is 7.26. The van der Waals surface area contributed by atoms with Crippen molar-refractivity contribution in [3.8, 4) is 0 Å². The van der Waals surface area contributed by atoms with Crippen LogP contribution in [0.25, 0.3) is 0 Å². The third-order valence-electron chi connectivity index (χ3n) is 2.69. The summed E-state index contributed by atoms with van der Waals surface area (Å²) in [4.78, 5) is 2.38. The average Bonchev–Trinajstić information content (AvgIpc) is 2.61. The highest BCUT2D eigenvalue weighted by Gasteiger charge is 2.19. The largest absolute Gasteiger partial charge is 0.353 e. The summed E-state index contributed by atoms with van der Waals surface area (Å²) in [6.45, 7) is 8.58. The number of ether oxygens (including phenoxy) is 2. The molecule has 1 heterocycles. The predicted molar refractivity (Wildman–Crippen MR) is 60.7 cm³/mol. The molecule has 2 N–H and O–H groups in total. The highest BCUT2D eigenvalue weighted by Crippen LogP contribution is 2.09. The number of likely N-dealkylation sites (tertiary alicyclic amines) is 1. The van der Waals surface area contributed by atoms with E-state index in [9.17, 15) is 0 Å². The van der Waals surface area contributed by atoms with Crippen molar-refractivity contribution in [3.63, 3.8) is 0 Å². The SMILES string of the molecule is CCOC(CCN1CC[C@@H](N)C1)OCC. The molecule has 0 saturated carbocycles. The Morgan fingerprint density at radius 3 is 2.47 bits per heavy atom.